The van der Waals surface area contributed by atoms with E-state index in [1.54, 1.807) is 6.92 Å². The number of hydrogen-bond acceptors (Lipinski definition) is 9. The van der Waals surface area contributed by atoms with Crippen molar-refractivity contribution in [1.29, 1.82) is 0 Å². The molecule has 9 atom stereocenters. The first-order valence-corrected chi connectivity index (χ1v) is 12.0. The van der Waals surface area contributed by atoms with Crippen molar-refractivity contribution in [2.24, 2.45) is 22.7 Å². The fourth-order valence-corrected chi connectivity index (χ4v) is 7.83. The smallest absolute Gasteiger partial charge is 0.426 e. The molecule has 2 aliphatic heterocycles. The summed E-state index contributed by atoms with van der Waals surface area (Å²) in [7, 11) is 0. The maximum atomic E-state index is 14.1. The minimum Gasteiger partial charge on any atom is -0.426 e. The summed E-state index contributed by atoms with van der Waals surface area (Å²) < 4.78 is 30.9. The Hall–Kier alpha value is -1.13. The van der Waals surface area contributed by atoms with Crippen molar-refractivity contribution < 1.29 is 39.6 Å². The monoisotopic (exact) mass is 470 g/mol. The van der Waals surface area contributed by atoms with Crippen molar-refractivity contribution in [2.45, 2.75) is 83.1 Å². The highest BCUT2D eigenvalue weighted by atomic mass is 32.2. The lowest BCUT2D eigenvalue weighted by Gasteiger charge is -2.66. The molecule has 32 heavy (non-hydrogen) atoms. The lowest BCUT2D eigenvalue weighted by Crippen LogP contribution is -2.79. The molecule has 5 rings (SSSR count). The molecule has 2 saturated carbocycles. The number of carbonyl (C=O) groups is 2. The van der Waals surface area contributed by atoms with Crippen molar-refractivity contribution in [1.82, 2.24) is 0 Å². The second kappa shape index (κ2) is 6.72. The Labute approximate surface area is 193 Å². The van der Waals surface area contributed by atoms with E-state index in [1.807, 2.05) is 27.7 Å². The summed E-state index contributed by atoms with van der Waals surface area (Å²) in [4.78, 5) is 26.9. The van der Waals surface area contributed by atoms with Crippen LogP contribution in [-0.2, 0) is 23.2 Å². The summed E-state index contributed by atoms with van der Waals surface area (Å²) in [6.45, 7) is 9.22. The van der Waals surface area contributed by atoms with Crippen molar-refractivity contribution in [3.63, 3.8) is 0 Å². The Morgan fingerprint density at radius 2 is 2.00 bits per heavy atom. The Morgan fingerprint density at radius 3 is 2.62 bits per heavy atom. The van der Waals surface area contributed by atoms with Crippen molar-refractivity contribution >= 4 is 24.0 Å². The summed E-state index contributed by atoms with van der Waals surface area (Å²) in [6.07, 6.45) is -3.70. The zero-order valence-corrected chi connectivity index (χ0v) is 19.9. The van der Waals surface area contributed by atoms with Crippen LogP contribution >= 0.6 is 12.0 Å². The van der Waals surface area contributed by atoms with Gasteiger partial charge in [-0.05, 0) is 42.5 Å². The molecular formula is C23H32O8S. The predicted molar refractivity (Wildman–Crippen MR) is 115 cm³/mol. The van der Waals surface area contributed by atoms with Crippen LogP contribution < -0.4 is 0 Å². The predicted octanol–water partition coefficient (Wildman–Crippen LogP) is 2.41. The average Bonchev–Trinajstić information content (AvgIpc) is 3.07. The molecule has 0 aromatic rings. The third-order valence-electron chi connectivity index (χ3n) is 9.46. The van der Waals surface area contributed by atoms with E-state index in [0.717, 1.165) is 12.0 Å². The molecule has 0 aromatic heterocycles. The third-order valence-corrected chi connectivity index (χ3v) is 9.83. The van der Waals surface area contributed by atoms with Crippen LogP contribution in [0.25, 0.3) is 0 Å². The number of fused-ring (bicyclic) bond motifs is 5. The van der Waals surface area contributed by atoms with Gasteiger partial charge in [-0.15, -0.1) is 0 Å². The summed E-state index contributed by atoms with van der Waals surface area (Å²) in [5.41, 5.74) is -3.67. The third kappa shape index (κ3) is 2.39. The fourth-order valence-electron chi connectivity index (χ4n) is 7.46. The highest BCUT2D eigenvalue weighted by Gasteiger charge is 2.78. The van der Waals surface area contributed by atoms with Gasteiger partial charge in [0.2, 0.25) is 0 Å². The second-order valence-corrected chi connectivity index (χ2v) is 11.3. The number of rotatable bonds is 2. The minimum atomic E-state index is -1.46. The summed E-state index contributed by atoms with van der Waals surface area (Å²) >= 11 is 0.952. The van der Waals surface area contributed by atoms with E-state index < -0.39 is 64.3 Å². The van der Waals surface area contributed by atoms with E-state index >= 15 is 0 Å². The summed E-state index contributed by atoms with van der Waals surface area (Å²) in [6, 6.07) is 0. The van der Waals surface area contributed by atoms with Crippen molar-refractivity contribution in [2.75, 3.05) is 12.8 Å². The second-order valence-electron chi connectivity index (χ2n) is 10.9. The number of ketones is 1. The van der Waals surface area contributed by atoms with Crippen LogP contribution in [0.3, 0.4) is 0 Å². The molecule has 2 N–H and O–H groups in total. The number of aliphatic hydroxyl groups is 2. The molecule has 178 valence electrons. The normalized spacial score (nSPS) is 51.8. The highest BCUT2D eigenvalue weighted by molar-refractivity contribution is 7.93. The highest BCUT2D eigenvalue weighted by Crippen LogP contribution is 2.66. The molecular weight excluding hydrogens is 436 g/mol. The van der Waals surface area contributed by atoms with Gasteiger partial charge in [0.1, 0.15) is 11.7 Å². The number of ether oxygens (including phenoxy) is 3. The lowest BCUT2D eigenvalue weighted by molar-refractivity contribution is -0.327. The molecule has 5 aliphatic rings. The van der Waals surface area contributed by atoms with Crippen LogP contribution in [0, 0.1) is 22.7 Å². The van der Waals surface area contributed by atoms with Crippen LogP contribution in [0.5, 0.6) is 0 Å². The molecule has 2 saturated heterocycles. The summed E-state index contributed by atoms with van der Waals surface area (Å²) in [5, 5.41) is 23.4. The Morgan fingerprint density at radius 1 is 1.28 bits per heavy atom. The zero-order valence-electron chi connectivity index (χ0n) is 20.0. The van der Waals surface area contributed by atoms with E-state index in [4.69, 9.17) is 19.8 Å². The lowest BCUT2D eigenvalue weighted by atomic mass is 9.43. The van der Waals surface area contributed by atoms with Gasteiger partial charge in [0.25, 0.3) is 0 Å². The first-order valence-electron chi connectivity index (χ1n) is 11.8. The van der Waals surface area contributed by atoms with E-state index in [1.165, 1.54) is 0 Å². The maximum absolute atomic E-state index is 14.1. The van der Waals surface area contributed by atoms with Gasteiger partial charge in [-0.25, -0.2) is 4.79 Å². The molecule has 9 heteroatoms. The van der Waals surface area contributed by atoms with Crippen LogP contribution in [-0.4, -0.2) is 70.6 Å². The van der Waals surface area contributed by atoms with Crippen molar-refractivity contribution in [3.8, 4) is 0 Å². The molecule has 0 amide bonds. The quantitative estimate of drug-likeness (QED) is 0.357. The zero-order chi connectivity index (χ0) is 24.1. The fraction of sp³-hybridized carbons (Fsp3) is 0.826. The Kier molecular flexibility index (Phi) is 4.49. The Balaban J connectivity index is 1.79. The van der Waals surface area contributed by atoms with E-state index in [0.29, 0.717) is 17.6 Å². The molecule has 3 aliphatic carbocycles. The topological polar surface area (TPSA) is 112 Å². The van der Waals surface area contributed by atoms with E-state index in [2.05, 4.69) is 0 Å². The maximum Gasteiger partial charge on any atom is 0.509 e. The molecule has 4 fully saturated rings. The minimum absolute atomic E-state index is 0.0227. The van der Waals surface area contributed by atoms with Gasteiger partial charge >= 0.3 is 6.16 Å². The first-order chi connectivity index (χ1) is 15.4. The first kappa shape index (κ1) is 21.4. The van der Waals surface area contributed by atoms with Crippen LogP contribution in [0.2, 0.25) is 0 Å². The van der Waals surface area contributed by atoms with Crippen molar-refractivity contribution in [3.05, 3.63) is 11.1 Å². The van der Waals surface area contributed by atoms with Gasteiger partial charge in [0, 0.05) is 30.8 Å². The number of aliphatic hydroxyl groups excluding tert-OH is 1. The molecule has 0 aromatic carbocycles. The molecule has 2 heterocycles. The SMILES string of the molecule is [3H]CSO[C@H]1C[C@@]23OC(=O)O[C@H]2[C@@H]2[C@]4(O)CO[C@@H]4C[C@H](C)[C@@]2(C)C(=O)[C@H](O)C(=C1C)C3(C)C. The molecule has 2 bridgehead atoms. The number of carbonyl (C=O) groups excluding carboxylic acids is 2. The van der Waals surface area contributed by atoms with Gasteiger partial charge in [-0.3, -0.25) is 4.79 Å². The van der Waals surface area contributed by atoms with Crippen LogP contribution in [0.1, 0.15) is 48.8 Å². The largest absolute Gasteiger partial charge is 0.509 e. The molecule has 1 spiro atoms. The van der Waals surface area contributed by atoms with Gasteiger partial charge in [0.05, 0.1) is 18.8 Å². The molecule has 0 unspecified atom stereocenters. The van der Waals surface area contributed by atoms with Crippen LogP contribution in [0.4, 0.5) is 4.79 Å². The molecule has 0 radical (unpaired) electrons. The summed E-state index contributed by atoms with van der Waals surface area (Å²) in [5.74, 6) is -1.46. The average molecular weight is 471 g/mol. The van der Waals surface area contributed by atoms with E-state index in [9.17, 15) is 19.8 Å². The van der Waals surface area contributed by atoms with Gasteiger partial charge in [0.15, 0.2) is 17.5 Å². The van der Waals surface area contributed by atoms with Gasteiger partial charge < -0.3 is 28.6 Å². The standard InChI is InChI=1S/C23H32O8S/c1-10-7-13-22(27,9-28-13)16-18-23(30-19(26)29-18)8-12(31-32-6)11(2)14(20(23,3)4)15(24)17(25)21(10,16)5/h10,12-13,15-16,18,24,27H,7-9H2,1-6H3/t10-,12-,13+,15+,16-,18-,21+,22-,23+/m0/s1/i6T. The number of hydrogen-bond donors (Lipinski definition) is 2. The van der Waals surface area contributed by atoms with Gasteiger partial charge in [-0.2, -0.15) is 0 Å². The van der Waals surface area contributed by atoms with Gasteiger partial charge in [-0.1, -0.05) is 27.7 Å². The van der Waals surface area contributed by atoms with Crippen LogP contribution in [0.15, 0.2) is 11.1 Å². The molecule has 8 nitrogen and oxygen atoms in total. The van der Waals surface area contributed by atoms with E-state index in [-0.39, 0.29) is 25.2 Å². The Bertz CT molecular complexity index is 937. The number of Topliss-reactive ketones (excluding diaryl/α,β-unsaturated/α-hetero) is 1.